The van der Waals surface area contributed by atoms with Gasteiger partial charge in [0.15, 0.2) is 0 Å². The molecule has 6 nitrogen and oxygen atoms in total. The first-order valence-electron chi connectivity index (χ1n) is 12.5. The van der Waals surface area contributed by atoms with E-state index in [1.54, 1.807) is 20.8 Å². The van der Waals surface area contributed by atoms with Crippen LogP contribution in [0.2, 0.25) is 0 Å². The number of benzene rings is 4. The van der Waals surface area contributed by atoms with Crippen LogP contribution < -0.4 is 4.89 Å². The molecule has 0 N–H and O–H groups in total. The molecule has 192 valence electrons. The van der Waals surface area contributed by atoms with E-state index in [1.165, 1.54) is 26.9 Å². The Morgan fingerprint density at radius 1 is 0.889 bits per heavy atom. The third-order valence-corrected chi connectivity index (χ3v) is 7.74. The quantitative estimate of drug-likeness (QED) is 0.208. The molecule has 4 atom stereocenters. The van der Waals surface area contributed by atoms with Gasteiger partial charge in [0, 0.05) is 6.42 Å². The third-order valence-electron chi connectivity index (χ3n) is 6.44. The Morgan fingerprint density at radius 3 is 2.14 bits per heavy atom. The van der Waals surface area contributed by atoms with Crippen molar-refractivity contribution >= 4 is 40.1 Å². The Bertz CT molecular complexity index is 1420. The standard InChI is InChI=1S/C29H35O6P/c1-28(2,3)32-17-25-24(34-36(30,31)35-29(4,5)6)16-23(33-25)21-14-12-20-11-10-18-8-7-9-19-13-15-22(21)27(20)26(18)19/h7-15,23-25H,16-17H2,1-6H3,(H,30,31)/p-1/t23-,24?,25-/m1/s1. The Morgan fingerprint density at radius 2 is 1.50 bits per heavy atom. The molecule has 0 saturated carbocycles. The van der Waals surface area contributed by atoms with Crippen molar-refractivity contribution in [2.24, 2.45) is 0 Å². The summed E-state index contributed by atoms with van der Waals surface area (Å²) in [5, 5.41) is 7.09. The summed E-state index contributed by atoms with van der Waals surface area (Å²) in [5.41, 5.74) is -0.271. The third kappa shape index (κ3) is 5.31. The van der Waals surface area contributed by atoms with Gasteiger partial charge in [0.2, 0.25) is 0 Å². The molecule has 0 radical (unpaired) electrons. The molecule has 0 aliphatic carbocycles. The Hall–Kier alpha value is -2.05. The van der Waals surface area contributed by atoms with E-state index < -0.39 is 31.2 Å². The fourth-order valence-electron chi connectivity index (χ4n) is 5.07. The van der Waals surface area contributed by atoms with Crippen molar-refractivity contribution < 1.29 is 28.0 Å². The van der Waals surface area contributed by atoms with E-state index in [1.807, 2.05) is 20.8 Å². The number of ether oxygens (including phenoxy) is 2. The number of phosphoric acid groups is 1. The van der Waals surface area contributed by atoms with Crippen molar-refractivity contribution in [2.45, 2.75) is 77.5 Å². The van der Waals surface area contributed by atoms with Gasteiger partial charge in [-0.1, -0.05) is 54.6 Å². The normalized spacial score (nSPS) is 23.1. The van der Waals surface area contributed by atoms with Gasteiger partial charge in [0.1, 0.15) is 6.10 Å². The lowest BCUT2D eigenvalue weighted by Crippen LogP contribution is -2.34. The maximum absolute atomic E-state index is 12.7. The molecule has 1 aliphatic heterocycles. The van der Waals surface area contributed by atoms with Crippen LogP contribution in [0, 0.1) is 0 Å². The van der Waals surface area contributed by atoms with Crippen molar-refractivity contribution in [3.05, 3.63) is 60.2 Å². The highest BCUT2D eigenvalue weighted by Crippen LogP contribution is 2.49. The van der Waals surface area contributed by atoms with Crippen molar-refractivity contribution in [3.8, 4) is 0 Å². The summed E-state index contributed by atoms with van der Waals surface area (Å²) >= 11 is 0. The second-order valence-electron chi connectivity index (χ2n) is 11.6. The Labute approximate surface area is 212 Å². The highest BCUT2D eigenvalue weighted by atomic mass is 31.2. The van der Waals surface area contributed by atoms with Gasteiger partial charge in [0.25, 0.3) is 7.82 Å². The smallest absolute Gasteiger partial charge is 0.268 e. The van der Waals surface area contributed by atoms with Crippen molar-refractivity contribution in [1.29, 1.82) is 0 Å². The molecule has 4 aromatic carbocycles. The van der Waals surface area contributed by atoms with Crippen molar-refractivity contribution in [3.63, 3.8) is 0 Å². The molecule has 1 heterocycles. The molecular formula is C29H34O6P-. The second kappa shape index (κ2) is 9.05. The lowest BCUT2D eigenvalue weighted by molar-refractivity contribution is -0.240. The first-order valence-corrected chi connectivity index (χ1v) is 13.9. The number of rotatable bonds is 6. The van der Waals surface area contributed by atoms with Crippen molar-refractivity contribution in [1.82, 2.24) is 0 Å². The van der Waals surface area contributed by atoms with Gasteiger partial charge < -0.3 is 23.4 Å². The highest BCUT2D eigenvalue weighted by molar-refractivity contribution is 7.45. The van der Waals surface area contributed by atoms with Crippen LogP contribution in [-0.4, -0.2) is 30.0 Å². The zero-order chi connectivity index (χ0) is 25.9. The number of phosphoric ester groups is 1. The topological polar surface area (TPSA) is 77.1 Å². The van der Waals surface area contributed by atoms with Crippen LogP contribution in [0.15, 0.2) is 54.6 Å². The average Bonchev–Trinajstić information content (AvgIpc) is 3.15. The summed E-state index contributed by atoms with van der Waals surface area (Å²) in [6.45, 7) is 11.1. The van der Waals surface area contributed by atoms with Gasteiger partial charge in [-0.3, -0.25) is 4.57 Å². The molecule has 5 rings (SSSR count). The molecule has 7 heteroatoms. The molecule has 0 aromatic heterocycles. The summed E-state index contributed by atoms with van der Waals surface area (Å²) < 4.78 is 36.0. The summed E-state index contributed by atoms with van der Waals surface area (Å²) in [7, 11) is -4.56. The van der Waals surface area contributed by atoms with Gasteiger partial charge in [-0.2, -0.15) is 0 Å². The number of hydrogen-bond acceptors (Lipinski definition) is 6. The molecule has 1 aliphatic rings. The fraction of sp³-hybridized carbons (Fsp3) is 0.448. The van der Waals surface area contributed by atoms with Crippen molar-refractivity contribution in [2.75, 3.05) is 6.61 Å². The summed E-state index contributed by atoms with van der Waals surface area (Å²) in [6, 6.07) is 19.1. The minimum Gasteiger partial charge on any atom is -0.756 e. The SMILES string of the molecule is CC(C)(C)OC[C@H]1O[C@@H](c2ccc3ccc4cccc5ccc2c3c45)CC1OP(=O)([O-])OC(C)(C)C. The maximum atomic E-state index is 12.7. The highest BCUT2D eigenvalue weighted by Gasteiger charge is 2.41. The predicted molar refractivity (Wildman–Crippen MR) is 141 cm³/mol. The second-order valence-corrected chi connectivity index (χ2v) is 12.9. The number of hydrogen-bond donors (Lipinski definition) is 0. The van der Waals surface area contributed by atoms with Crippen LogP contribution in [0.1, 0.15) is 59.6 Å². The van der Waals surface area contributed by atoms with Crippen LogP contribution in [0.4, 0.5) is 0 Å². The fourth-order valence-corrected chi connectivity index (χ4v) is 6.34. The van der Waals surface area contributed by atoms with Crippen LogP contribution in [0.5, 0.6) is 0 Å². The van der Waals surface area contributed by atoms with E-state index in [0.29, 0.717) is 6.42 Å². The first-order chi connectivity index (χ1) is 16.8. The summed E-state index contributed by atoms with van der Waals surface area (Å²) in [6.07, 6.45) is -1.25. The minimum atomic E-state index is -4.56. The van der Waals surface area contributed by atoms with Crippen LogP contribution >= 0.6 is 7.82 Å². The van der Waals surface area contributed by atoms with E-state index in [2.05, 4.69) is 54.6 Å². The molecule has 0 spiro atoms. The summed E-state index contributed by atoms with van der Waals surface area (Å²) in [5.74, 6) is 0. The van der Waals surface area contributed by atoms with Gasteiger partial charge in [-0.25, -0.2) is 0 Å². The lowest BCUT2D eigenvalue weighted by Gasteiger charge is -2.34. The maximum Gasteiger partial charge on any atom is 0.268 e. The Balaban J connectivity index is 1.51. The van der Waals surface area contributed by atoms with Gasteiger partial charge in [-0.05, 0) is 79.4 Å². The van der Waals surface area contributed by atoms with Gasteiger partial charge in [-0.15, -0.1) is 0 Å². The predicted octanol–water partition coefficient (Wildman–Crippen LogP) is 6.90. The minimum absolute atomic E-state index is 0.214. The van der Waals surface area contributed by atoms with Crippen LogP contribution in [0.3, 0.4) is 0 Å². The molecule has 4 aromatic rings. The molecule has 2 unspecified atom stereocenters. The molecule has 0 amide bonds. The van der Waals surface area contributed by atoms with E-state index >= 15 is 0 Å². The van der Waals surface area contributed by atoms with Gasteiger partial charge >= 0.3 is 0 Å². The molecule has 1 fully saturated rings. The zero-order valence-corrected chi connectivity index (χ0v) is 22.6. The van der Waals surface area contributed by atoms with E-state index in [-0.39, 0.29) is 12.7 Å². The van der Waals surface area contributed by atoms with E-state index in [4.69, 9.17) is 18.5 Å². The first kappa shape index (κ1) is 25.6. The molecule has 36 heavy (non-hydrogen) atoms. The molecular weight excluding hydrogens is 475 g/mol. The van der Waals surface area contributed by atoms with E-state index in [9.17, 15) is 9.46 Å². The lowest BCUT2D eigenvalue weighted by atomic mass is 9.90. The Kier molecular flexibility index (Phi) is 6.44. The largest absolute Gasteiger partial charge is 0.756 e. The zero-order valence-electron chi connectivity index (χ0n) is 21.7. The van der Waals surface area contributed by atoms with Gasteiger partial charge in [0.05, 0.1) is 30.0 Å². The van der Waals surface area contributed by atoms with E-state index in [0.717, 1.165) is 10.9 Å². The monoisotopic (exact) mass is 509 g/mol. The van der Waals surface area contributed by atoms with Crippen LogP contribution in [0.25, 0.3) is 32.3 Å². The molecule has 1 saturated heterocycles. The average molecular weight is 510 g/mol. The van der Waals surface area contributed by atoms with Crippen LogP contribution in [-0.2, 0) is 23.1 Å². The summed E-state index contributed by atoms with van der Waals surface area (Å²) in [4.78, 5) is 12.7. The molecule has 0 bridgehead atoms.